The van der Waals surface area contributed by atoms with E-state index in [1.807, 2.05) is 0 Å². The molecule has 2 nitrogen and oxygen atoms in total. The van der Waals surface area contributed by atoms with Crippen LogP contribution in [0.25, 0.3) is 0 Å². The van der Waals surface area contributed by atoms with Crippen molar-refractivity contribution in [2.24, 2.45) is 5.41 Å². The van der Waals surface area contributed by atoms with Crippen LogP contribution in [0.4, 0.5) is 0 Å². The maximum absolute atomic E-state index is 3.70. The molecule has 0 fully saturated rings. The Labute approximate surface area is 131 Å². The highest BCUT2D eigenvalue weighted by atomic mass is 15.2. The van der Waals surface area contributed by atoms with Crippen LogP contribution in [0.15, 0.2) is 30.3 Å². The summed E-state index contributed by atoms with van der Waals surface area (Å²) in [5.41, 5.74) is 1.58. The van der Waals surface area contributed by atoms with Crippen molar-refractivity contribution in [3.05, 3.63) is 35.9 Å². The molecule has 1 unspecified atom stereocenters. The van der Waals surface area contributed by atoms with Crippen LogP contribution in [0.3, 0.4) is 0 Å². The zero-order chi connectivity index (χ0) is 15.9. The van der Waals surface area contributed by atoms with Crippen molar-refractivity contribution in [3.8, 4) is 0 Å². The molecule has 1 atom stereocenters. The molecule has 0 bridgehead atoms. The molecule has 0 aliphatic heterocycles. The molecule has 0 spiro atoms. The Morgan fingerprint density at radius 2 is 1.71 bits per heavy atom. The third-order valence-electron chi connectivity index (χ3n) is 4.17. The molecule has 1 N–H and O–H groups in total. The second-order valence-electron chi connectivity index (χ2n) is 6.95. The van der Waals surface area contributed by atoms with Crippen molar-refractivity contribution < 1.29 is 0 Å². The Hall–Kier alpha value is -0.860. The summed E-state index contributed by atoms with van der Waals surface area (Å²) >= 11 is 0. The molecule has 0 saturated heterocycles. The number of rotatable bonds is 9. The molecule has 0 amide bonds. The van der Waals surface area contributed by atoms with Gasteiger partial charge in [-0.3, -0.25) is 0 Å². The van der Waals surface area contributed by atoms with Gasteiger partial charge in [-0.15, -0.1) is 0 Å². The van der Waals surface area contributed by atoms with Gasteiger partial charge in [0.15, 0.2) is 0 Å². The second kappa shape index (κ2) is 8.55. The summed E-state index contributed by atoms with van der Waals surface area (Å²) in [6, 6.07) is 11.9. The average Bonchev–Trinajstić information content (AvgIpc) is 2.44. The van der Waals surface area contributed by atoms with Gasteiger partial charge in [-0.1, -0.05) is 58.0 Å². The van der Waals surface area contributed by atoms with Crippen LogP contribution in [-0.2, 0) is 0 Å². The van der Waals surface area contributed by atoms with Gasteiger partial charge in [-0.2, -0.15) is 0 Å². The quantitative estimate of drug-likeness (QED) is 0.721. The lowest BCUT2D eigenvalue weighted by Gasteiger charge is -2.41. The zero-order valence-corrected chi connectivity index (χ0v) is 14.8. The van der Waals surface area contributed by atoms with E-state index in [1.54, 1.807) is 0 Å². The van der Waals surface area contributed by atoms with Crippen molar-refractivity contribution >= 4 is 0 Å². The molecule has 0 aliphatic rings. The fourth-order valence-electron chi connectivity index (χ4n) is 3.12. The summed E-state index contributed by atoms with van der Waals surface area (Å²) in [7, 11) is 0. The van der Waals surface area contributed by atoms with Gasteiger partial charge in [-0.25, -0.2) is 0 Å². The normalized spacial score (nSPS) is 13.9. The molecule has 1 aromatic carbocycles. The maximum atomic E-state index is 3.70. The van der Waals surface area contributed by atoms with Crippen LogP contribution in [0.5, 0.6) is 0 Å². The fourth-order valence-corrected chi connectivity index (χ4v) is 3.12. The summed E-state index contributed by atoms with van der Waals surface area (Å²) in [6.45, 7) is 17.1. The molecule has 120 valence electrons. The minimum Gasteiger partial charge on any atom is -0.310 e. The van der Waals surface area contributed by atoms with Crippen LogP contribution in [-0.4, -0.2) is 30.6 Å². The summed E-state index contributed by atoms with van der Waals surface area (Å²) in [5, 5.41) is 3.70. The highest BCUT2D eigenvalue weighted by Gasteiger charge is 2.32. The highest BCUT2D eigenvalue weighted by Crippen LogP contribution is 2.34. The molecule has 0 aromatic heterocycles. The molecule has 2 heteroatoms. The van der Waals surface area contributed by atoms with Crippen molar-refractivity contribution in [2.75, 3.05) is 19.6 Å². The topological polar surface area (TPSA) is 15.3 Å². The van der Waals surface area contributed by atoms with Crippen LogP contribution in [0.2, 0.25) is 0 Å². The molecule has 0 heterocycles. The lowest BCUT2D eigenvalue weighted by Crippen LogP contribution is -2.45. The van der Waals surface area contributed by atoms with Gasteiger partial charge in [0.1, 0.15) is 0 Å². The van der Waals surface area contributed by atoms with Crippen LogP contribution in [0, 0.1) is 5.41 Å². The molecule has 1 rings (SSSR count). The third kappa shape index (κ3) is 5.44. The number of hydrogen-bond acceptors (Lipinski definition) is 2. The predicted octanol–water partition coefficient (Wildman–Crippen LogP) is 4.48. The first kappa shape index (κ1) is 18.2. The third-order valence-corrected chi connectivity index (χ3v) is 4.17. The van der Waals surface area contributed by atoms with E-state index in [1.165, 1.54) is 18.5 Å². The standard InChI is InChI=1S/C19H34N2/c1-7-14-21(16(3)4)15-19(5,6)18(20-8-2)17-12-10-9-11-13-17/h9-13,16,18,20H,7-8,14-15H2,1-6H3. The number of benzene rings is 1. The van der Waals surface area contributed by atoms with E-state index in [0.717, 1.165) is 13.1 Å². The molecular formula is C19H34N2. The lowest BCUT2D eigenvalue weighted by molar-refractivity contribution is 0.112. The van der Waals surface area contributed by atoms with E-state index in [-0.39, 0.29) is 5.41 Å². The van der Waals surface area contributed by atoms with E-state index >= 15 is 0 Å². The first-order valence-electron chi connectivity index (χ1n) is 8.44. The van der Waals surface area contributed by atoms with Gasteiger partial charge in [0.25, 0.3) is 0 Å². The Kier molecular flexibility index (Phi) is 7.41. The molecule has 21 heavy (non-hydrogen) atoms. The largest absolute Gasteiger partial charge is 0.310 e. The highest BCUT2D eigenvalue weighted by molar-refractivity contribution is 5.21. The Bertz CT molecular complexity index is 384. The monoisotopic (exact) mass is 290 g/mol. The second-order valence-corrected chi connectivity index (χ2v) is 6.95. The van der Waals surface area contributed by atoms with Crippen molar-refractivity contribution in [3.63, 3.8) is 0 Å². The van der Waals surface area contributed by atoms with Gasteiger partial charge in [0.2, 0.25) is 0 Å². The Balaban J connectivity index is 2.93. The summed E-state index contributed by atoms with van der Waals surface area (Å²) < 4.78 is 0. The van der Waals surface area contributed by atoms with Crippen molar-refractivity contribution in [1.29, 1.82) is 0 Å². The molecule has 0 aliphatic carbocycles. The smallest absolute Gasteiger partial charge is 0.0384 e. The van der Waals surface area contributed by atoms with Gasteiger partial charge in [0.05, 0.1) is 0 Å². The molecule has 0 saturated carbocycles. The average molecular weight is 290 g/mol. The van der Waals surface area contributed by atoms with Crippen molar-refractivity contribution in [1.82, 2.24) is 10.2 Å². The van der Waals surface area contributed by atoms with E-state index in [4.69, 9.17) is 0 Å². The summed E-state index contributed by atoms with van der Waals surface area (Å²) in [5.74, 6) is 0. The first-order valence-corrected chi connectivity index (χ1v) is 8.44. The van der Waals surface area contributed by atoms with Gasteiger partial charge in [-0.05, 0) is 44.3 Å². The van der Waals surface area contributed by atoms with Gasteiger partial charge >= 0.3 is 0 Å². The van der Waals surface area contributed by atoms with E-state index in [9.17, 15) is 0 Å². The minimum atomic E-state index is 0.191. The Morgan fingerprint density at radius 1 is 1.10 bits per heavy atom. The van der Waals surface area contributed by atoms with Gasteiger partial charge < -0.3 is 10.2 Å². The maximum Gasteiger partial charge on any atom is 0.0384 e. The van der Waals surface area contributed by atoms with Crippen LogP contribution >= 0.6 is 0 Å². The fraction of sp³-hybridized carbons (Fsp3) is 0.684. The van der Waals surface area contributed by atoms with Gasteiger partial charge in [0, 0.05) is 18.6 Å². The summed E-state index contributed by atoms with van der Waals surface area (Å²) in [6.07, 6.45) is 1.21. The molecule has 1 aromatic rings. The van der Waals surface area contributed by atoms with E-state index in [0.29, 0.717) is 12.1 Å². The first-order chi connectivity index (χ1) is 9.92. The SMILES string of the molecule is CCCN(CC(C)(C)C(NCC)c1ccccc1)C(C)C. The predicted molar refractivity (Wildman–Crippen MR) is 93.6 cm³/mol. The van der Waals surface area contributed by atoms with Crippen LogP contribution in [0.1, 0.15) is 59.6 Å². The van der Waals surface area contributed by atoms with Crippen molar-refractivity contribution in [2.45, 2.75) is 60.0 Å². The minimum absolute atomic E-state index is 0.191. The Morgan fingerprint density at radius 3 is 2.19 bits per heavy atom. The summed E-state index contributed by atoms with van der Waals surface area (Å²) in [4.78, 5) is 2.60. The van der Waals surface area contributed by atoms with E-state index in [2.05, 4.69) is 82.1 Å². The van der Waals surface area contributed by atoms with E-state index < -0.39 is 0 Å². The molecular weight excluding hydrogens is 256 g/mol. The number of nitrogens with zero attached hydrogens (tertiary/aromatic N) is 1. The molecule has 0 radical (unpaired) electrons. The number of hydrogen-bond donors (Lipinski definition) is 1. The lowest BCUT2D eigenvalue weighted by atomic mass is 9.79. The number of nitrogens with one attached hydrogen (secondary N) is 1. The zero-order valence-electron chi connectivity index (χ0n) is 14.8. The van der Waals surface area contributed by atoms with Crippen LogP contribution < -0.4 is 5.32 Å².